The number of rotatable bonds is 8. The molecule has 1 aromatic carbocycles. The van der Waals surface area contributed by atoms with Crippen LogP contribution < -0.4 is 10.5 Å². The van der Waals surface area contributed by atoms with Crippen molar-refractivity contribution >= 4 is 0 Å². The van der Waals surface area contributed by atoms with Gasteiger partial charge in [0.1, 0.15) is 18.1 Å². The van der Waals surface area contributed by atoms with E-state index in [1.807, 2.05) is 75.7 Å². The first-order valence-corrected chi connectivity index (χ1v) is 10.9. The molecule has 168 valence electrons. The minimum atomic E-state index is 0.313. The van der Waals surface area contributed by atoms with Crippen LogP contribution in [0.4, 0.5) is 0 Å². The second-order valence-electron chi connectivity index (χ2n) is 8.08. The summed E-state index contributed by atoms with van der Waals surface area (Å²) in [6, 6.07) is 17.8. The van der Waals surface area contributed by atoms with Gasteiger partial charge in [0.2, 0.25) is 0 Å². The SMILES string of the molecule is Cc1cccc(-c2nc(CN)cc(-c3cncc(-c4cccc(OCCN(C)C)c4)c3)n2)n1. The number of ether oxygens (including phenoxy) is 1. The van der Waals surface area contributed by atoms with Crippen LogP contribution in [0, 0.1) is 6.92 Å². The molecule has 0 amide bonds. The van der Waals surface area contributed by atoms with Crippen molar-refractivity contribution in [2.75, 3.05) is 27.2 Å². The summed E-state index contributed by atoms with van der Waals surface area (Å²) in [4.78, 5) is 20.5. The molecule has 4 aromatic rings. The van der Waals surface area contributed by atoms with Gasteiger partial charge in [0.25, 0.3) is 0 Å². The zero-order valence-electron chi connectivity index (χ0n) is 19.2. The molecule has 33 heavy (non-hydrogen) atoms. The van der Waals surface area contributed by atoms with Gasteiger partial charge in [-0.1, -0.05) is 18.2 Å². The van der Waals surface area contributed by atoms with Crippen LogP contribution in [0.3, 0.4) is 0 Å². The molecule has 7 nitrogen and oxygen atoms in total. The summed E-state index contributed by atoms with van der Waals surface area (Å²) in [5.74, 6) is 1.39. The molecular weight excluding hydrogens is 412 g/mol. The molecule has 0 fully saturated rings. The van der Waals surface area contributed by atoms with Crippen LogP contribution in [0.5, 0.6) is 5.75 Å². The van der Waals surface area contributed by atoms with E-state index in [0.717, 1.165) is 51.8 Å². The Morgan fingerprint density at radius 1 is 0.848 bits per heavy atom. The lowest BCUT2D eigenvalue weighted by atomic mass is 10.0. The van der Waals surface area contributed by atoms with Crippen LogP contribution >= 0.6 is 0 Å². The van der Waals surface area contributed by atoms with Gasteiger partial charge in [0, 0.05) is 42.3 Å². The molecule has 0 saturated carbocycles. The number of nitrogens with two attached hydrogens (primary N) is 1. The number of nitrogens with zero attached hydrogens (tertiary/aromatic N) is 5. The lowest BCUT2D eigenvalue weighted by Gasteiger charge is -2.12. The normalized spacial score (nSPS) is 11.1. The van der Waals surface area contributed by atoms with E-state index in [0.29, 0.717) is 19.0 Å². The molecule has 7 heteroatoms. The number of benzene rings is 1. The number of likely N-dealkylation sites (N-methyl/N-ethyl adjacent to an activating group) is 1. The fourth-order valence-corrected chi connectivity index (χ4v) is 3.38. The van der Waals surface area contributed by atoms with Crippen molar-refractivity contribution in [2.24, 2.45) is 5.73 Å². The average molecular weight is 441 g/mol. The van der Waals surface area contributed by atoms with Gasteiger partial charge in [-0.2, -0.15) is 0 Å². The largest absolute Gasteiger partial charge is 0.492 e. The Labute approximate surface area is 194 Å². The third-order valence-corrected chi connectivity index (χ3v) is 5.11. The van der Waals surface area contributed by atoms with Gasteiger partial charge in [0.15, 0.2) is 5.82 Å². The number of pyridine rings is 2. The maximum Gasteiger partial charge on any atom is 0.179 e. The molecular formula is C26H28N6O. The van der Waals surface area contributed by atoms with Crippen molar-refractivity contribution in [1.29, 1.82) is 0 Å². The third kappa shape index (κ3) is 5.77. The van der Waals surface area contributed by atoms with Crippen molar-refractivity contribution in [1.82, 2.24) is 24.8 Å². The van der Waals surface area contributed by atoms with E-state index in [9.17, 15) is 0 Å². The molecule has 0 aliphatic rings. The highest BCUT2D eigenvalue weighted by Gasteiger charge is 2.11. The van der Waals surface area contributed by atoms with Crippen molar-refractivity contribution in [3.63, 3.8) is 0 Å². The molecule has 0 aliphatic heterocycles. The highest BCUT2D eigenvalue weighted by molar-refractivity contribution is 5.71. The first-order chi connectivity index (χ1) is 16.0. The maximum absolute atomic E-state index is 5.93. The summed E-state index contributed by atoms with van der Waals surface area (Å²) in [5.41, 5.74) is 12.0. The summed E-state index contributed by atoms with van der Waals surface area (Å²) in [5, 5.41) is 0. The molecule has 0 saturated heterocycles. The topological polar surface area (TPSA) is 90.0 Å². The van der Waals surface area contributed by atoms with Gasteiger partial charge >= 0.3 is 0 Å². The molecule has 3 aromatic heterocycles. The van der Waals surface area contributed by atoms with E-state index in [1.54, 1.807) is 6.20 Å². The van der Waals surface area contributed by atoms with Crippen molar-refractivity contribution in [2.45, 2.75) is 13.5 Å². The van der Waals surface area contributed by atoms with Gasteiger partial charge in [-0.05, 0) is 63.0 Å². The molecule has 0 radical (unpaired) electrons. The van der Waals surface area contributed by atoms with E-state index >= 15 is 0 Å². The van der Waals surface area contributed by atoms with Gasteiger partial charge in [0.05, 0.1) is 11.4 Å². The zero-order valence-corrected chi connectivity index (χ0v) is 19.2. The minimum Gasteiger partial charge on any atom is -0.492 e. The predicted octanol–water partition coefficient (Wildman–Crippen LogP) is 3.98. The number of aryl methyl sites for hydroxylation is 1. The standard InChI is InChI=1S/C26H28N6O/c1-18-6-4-9-24(29-18)26-30-22(15-27)14-25(31-26)21-12-20(16-28-17-21)19-7-5-8-23(13-19)33-11-10-32(2)3/h4-9,12-14,16-17H,10-11,15,27H2,1-3H3. The predicted molar refractivity (Wildman–Crippen MR) is 131 cm³/mol. The quantitative estimate of drug-likeness (QED) is 0.443. The maximum atomic E-state index is 5.93. The van der Waals surface area contributed by atoms with Gasteiger partial charge in [-0.15, -0.1) is 0 Å². The second kappa shape index (κ2) is 10.3. The number of hydrogen-bond acceptors (Lipinski definition) is 7. The Morgan fingerprint density at radius 3 is 2.45 bits per heavy atom. The summed E-state index contributed by atoms with van der Waals surface area (Å²) in [6.45, 7) is 3.75. The van der Waals surface area contributed by atoms with Crippen LogP contribution in [0.1, 0.15) is 11.4 Å². The van der Waals surface area contributed by atoms with E-state index in [-0.39, 0.29) is 0 Å². The molecule has 0 aliphatic carbocycles. The Morgan fingerprint density at radius 2 is 1.67 bits per heavy atom. The van der Waals surface area contributed by atoms with Crippen molar-refractivity contribution in [3.8, 4) is 39.7 Å². The Hall–Kier alpha value is -3.68. The summed E-state index contributed by atoms with van der Waals surface area (Å²) in [6.07, 6.45) is 3.65. The summed E-state index contributed by atoms with van der Waals surface area (Å²) < 4.78 is 5.89. The Bertz CT molecular complexity index is 1240. The molecule has 0 bridgehead atoms. The fraction of sp³-hybridized carbons (Fsp3) is 0.231. The molecule has 3 heterocycles. The van der Waals surface area contributed by atoms with Crippen LogP contribution in [0.2, 0.25) is 0 Å². The summed E-state index contributed by atoms with van der Waals surface area (Å²) in [7, 11) is 4.06. The second-order valence-corrected chi connectivity index (χ2v) is 8.08. The van der Waals surface area contributed by atoms with E-state index in [2.05, 4.69) is 25.9 Å². The Kier molecular flexibility index (Phi) is 7.02. The van der Waals surface area contributed by atoms with Crippen LogP contribution in [0.15, 0.2) is 67.0 Å². The van der Waals surface area contributed by atoms with E-state index < -0.39 is 0 Å². The van der Waals surface area contributed by atoms with Gasteiger partial charge < -0.3 is 15.4 Å². The average Bonchev–Trinajstić information content (AvgIpc) is 2.84. The zero-order chi connectivity index (χ0) is 23.2. The third-order valence-electron chi connectivity index (χ3n) is 5.11. The number of aromatic nitrogens is 4. The smallest absolute Gasteiger partial charge is 0.179 e. The lowest BCUT2D eigenvalue weighted by Crippen LogP contribution is -2.19. The van der Waals surface area contributed by atoms with Crippen LogP contribution in [-0.2, 0) is 6.54 Å². The van der Waals surface area contributed by atoms with Gasteiger partial charge in [-0.25, -0.2) is 15.0 Å². The van der Waals surface area contributed by atoms with Crippen molar-refractivity contribution in [3.05, 3.63) is 78.4 Å². The first-order valence-electron chi connectivity index (χ1n) is 10.9. The molecule has 2 N–H and O–H groups in total. The highest BCUT2D eigenvalue weighted by Crippen LogP contribution is 2.28. The number of hydrogen-bond donors (Lipinski definition) is 1. The molecule has 0 unspecified atom stereocenters. The van der Waals surface area contributed by atoms with E-state index in [4.69, 9.17) is 15.5 Å². The van der Waals surface area contributed by atoms with Gasteiger partial charge in [-0.3, -0.25) is 4.98 Å². The fourth-order valence-electron chi connectivity index (χ4n) is 3.38. The van der Waals surface area contributed by atoms with E-state index in [1.165, 1.54) is 0 Å². The highest BCUT2D eigenvalue weighted by atomic mass is 16.5. The Balaban J connectivity index is 1.66. The molecule has 0 atom stereocenters. The summed E-state index contributed by atoms with van der Waals surface area (Å²) >= 11 is 0. The van der Waals surface area contributed by atoms with Crippen molar-refractivity contribution < 1.29 is 4.74 Å². The lowest BCUT2D eigenvalue weighted by molar-refractivity contribution is 0.261. The monoisotopic (exact) mass is 440 g/mol. The molecule has 0 spiro atoms. The molecule has 4 rings (SSSR count). The van der Waals surface area contributed by atoms with Crippen LogP contribution in [-0.4, -0.2) is 52.1 Å². The first kappa shape index (κ1) is 22.5. The minimum absolute atomic E-state index is 0.313. The van der Waals surface area contributed by atoms with Crippen LogP contribution in [0.25, 0.3) is 33.9 Å².